The summed E-state index contributed by atoms with van der Waals surface area (Å²) in [4.78, 5) is 0. The van der Waals surface area contributed by atoms with Gasteiger partial charge in [-0.25, -0.2) is 0 Å². The van der Waals surface area contributed by atoms with Gasteiger partial charge in [-0.15, -0.1) is 0 Å². The van der Waals surface area contributed by atoms with E-state index in [1.807, 2.05) is 0 Å². The first-order valence-electron chi connectivity index (χ1n) is 6.11. The highest BCUT2D eigenvalue weighted by molar-refractivity contribution is 5.17. The fraction of sp³-hybridized carbons (Fsp3) is 0.900. The Balaban J connectivity index is 6.41. The molecule has 0 aliphatic heterocycles. The van der Waals surface area contributed by atoms with Crippen molar-refractivity contribution in [3.8, 4) is 0 Å². The number of halogens is 20. The van der Waals surface area contributed by atoms with Crippen LogP contribution in [0.5, 0.6) is 0 Å². The van der Waals surface area contributed by atoms with E-state index in [4.69, 9.17) is 0 Å². The normalized spacial score (nSPS) is 16.8. The van der Waals surface area contributed by atoms with Crippen LogP contribution < -0.4 is 0 Å². The fourth-order valence-corrected chi connectivity index (χ4v) is 1.38. The van der Waals surface area contributed by atoms with Crippen molar-refractivity contribution in [3.63, 3.8) is 0 Å². The van der Waals surface area contributed by atoms with Crippen LogP contribution in [0.3, 0.4) is 0 Å². The molecule has 0 aromatic heterocycles. The molecule has 0 aromatic rings. The van der Waals surface area contributed by atoms with Gasteiger partial charge in [0.1, 0.15) is 6.42 Å². The number of hydrogen-bond acceptors (Lipinski definition) is 0. The molecule has 0 aliphatic carbocycles. The van der Waals surface area contributed by atoms with E-state index in [0.29, 0.717) is 0 Å². The van der Waals surface area contributed by atoms with Crippen LogP contribution in [0.25, 0.3) is 0 Å². The van der Waals surface area contributed by atoms with Gasteiger partial charge in [0.15, 0.2) is 0 Å². The molecule has 0 saturated heterocycles. The maximum atomic E-state index is 13.0. The summed E-state index contributed by atoms with van der Waals surface area (Å²) in [6, 6.07) is 0. The monoisotopic (exact) mass is 501 g/mol. The van der Waals surface area contributed by atoms with Crippen LogP contribution in [0.4, 0.5) is 87.8 Å². The molecule has 0 heterocycles. The van der Waals surface area contributed by atoms with Crippen LogP contribution in [0, 0.1) is 6.42 Å². The van der Waals surface area contributed by atoms with E-state index in [1.165, 1.54) is 0 Å². The first-order chi connectivity index (χ1) is 12.5. The molecule has 0 amide bonds. The Labute approximate surface area is 149 Å². The predicted molar refractivity (Wildman–Crippen MR) is 51.0 cm³/mol. The van der Waals surface area contributed by atoms with Gasteiger partial charge in [-0.1, -0.05) is 0 Å². The molecule has 0 atom stereocenters. The molecule has 0 aliphatic rings. The van der Waals surface area contributed by atoms with E-state index >= 15 is 0 Å². The topological polar surface area (TPSA) is 0 Å². The van der Waals surface area contributed by atoms with Crippen molar-refractivity contribution in [2.45, 2.75) is 53.8 Å². The molecule has 30 heavy (non-hydrogen) atoms. The van der Waals surface area contributed by atoms with Gasteiger partial charge < -0.3 is 0 Å². The Hall–Kier alpha value is -1.40. The summed E-state index contributed by atoms with van der Waals surface area (Å²) in [6.07, 6.45) is -19.1. The summed E-state index contributed by atoms with van der Waals surface area (Å²) in [5.74, 6) is -56.8. The number of hydrogen-bond donors (Lipinski definition) is 0. The van der Waals surface area contributed by atoms with Gasteiger partial charge in [0.2, 0.25) is 0 Å². The maximum absolute atomic E-state index is 13.0. The average molecular weight is 501 g/mol. The van der Waals surface area contributed by atoms with Crippen molar-refractivity contribution in [1.82, 2.24) is 0 Å². The minimum atomic E-state index is -8.39. The van der Waals surface area contributed by atoms with E-state index in [-0.39, 0.29) is 0 Å². The highest BCUT2D eigenvalue weighted by Gasteiger charge is 2.89. The summed E-state index contributed by atoms with van der Waals surface area (Å²) in [5, 5.41) is 0. The van der Waals surface area contributed by atoms with Crippen LogP contribution in [0.2, 0.25) is 0 Å². The lowest BCUT2D eigenvalue weighted by atomic mass is 9.90. The molecule has 20 heteroatoms. The summed E-state index contributed by atoms with van der Waals surface area (Å²) >= 11 is 0. The third kappa shape index (κ3) is 3.81. The third-order valence-electron chi connectivity index (χ3n) is 3.09. The van der Waals surface area contributed by atoms with Crippen LogP contribution >= 0.6 is 0 Å². The molecule has 1 radical (unpaired) electrons. The van der Waals surface area contributed by atoms with Gasteiger partial charge in [-0.05, 0) is 0 Å². The van der Waals surface area contributed by atoms with E-state index in [0.717, 1.165) is 0 Å². The molecule has 0 bridgehead atoms. The smallest absolute Gasteiger partial charge is 0.199 e. The second-order valence-electron chi connectivity index (χ2n) is 5.26. The largest absolute Gasteiger partial charge is 0.460 e. The van der Waals surface area contributed by atoms with Gasteiger partial charge in [-0.3, -0.25) is 0 Å². The summed E-state index contributed by atoms with van der Waals surface area (Å²) in [7, 11) is 0. The van der Waals surface area contributed by atoms with Crippen molar-refractivity contribution in [1.29, 1.82) is 0 Å². The highest BCUT2D eigenvalue weighted by atomic mass is 19.4. The molecule has 0 fully saturated rings. The first kappa shape index (κ1) is 28.6. The average Bonchev–Trinajstić information content (AvgIpc) is 2.42. The molecule has 0 saturated carbocycles. The zero-order chi connectivity index (χ0) is 25.2. The lowest BCUT2D eigenvalue weighted by Crippen LogP contribution is -2.69. The van der Waals surface area contributed by atoms with Crippen molar-refractivity contribution in [3.05, 3.63) is 6.42 Å². The van der Waals surface area contributed by atoms with E-state index in [2.05, 4.69) is 0 Å². The zero-order valence-corrected chi connectivity index (χ0v) is 12.6. The van der Waals surface area contributed by atoms with Crippen LogP contribution in [0.15, 0.2) is 0 Å². The minimum absolute atomic E-state index is 3.61. The highest BCUT2D eigenvalue weighted by Crippen LogP contribution is 2.61. The molecule has 0 nitrogen and oxygen atoms in total. The quantitative estimate of drug-likeness (QED) is 0.339. The molecular weight excluding hydrogens is 500 g/mol. The van der Waals surface area contributed by atoms with Crippen LogP contribution in [0.1, 0.15) is 0 Å². The molecule has 0 spiro atoms. The van der Waals surface area contributed by atoms with Gasteiger partial charge in [0, 0.05) is 0 Å². The predicted octanol–water partition coefficient (Wildman–Crippen LogP) is 6.76. The number of rotatable bonds is 7. The number of alkyl halides is 20. The molecule has 0 unspecified atom stereocenters. The second kappa shape index (κ2) is 6.80. The van der Waals surface area contributed by atoms with Gasteiger partial charge in [0.05, 0.1) is 0 Å². The Morgan fingerprint density at radius 2 is 0.467 bits per heavy atom. The van der Waals surface area contributed by atoms with E-state index in [9.17, 15) is 87.8 Å². The third-order valence-corrected chi connectivity index (χ3v) is 3.09. The van der Waals surface area contributed by atoms with E-state index < -0.39 is 60.2 Å². The maximum Gasteiger partial charge on any atom is 0.460 e. The van der Waals surface area contributed by atoms with Gasteiger partial charge in [0.25, 0.3) is 0 Å². The summed E-state index contributed by atoms with van der Waals surface area (Å²) in [5.41, 5.74) is 0. The van der Waals surface area contributed by atoms with Crippen LogP contribution in [-0.4, -0.2) is 53.8 Å². The van der Waals surface area contributed by atoms with Crippen molar-refractivity contribution >= 4 is 0 Å². The zero-order valence-electron chi connectivity index (χ0n) is 12.6. The SMILES string of the molecule is FC(F)(F)C(F)(F)C(F)(F)C(F)(F)[CH]C(F)(F)C(F)(F)C(F)(F)C(F)(F)C(F)(F)F. The van der Waals surface area contributed by atoms with Crippen LogP contribution in [-0.2, 0) is 0 Å². The van der Waals surface area contributed by atoms with Crippen molar-refractivity contribution in [2.75, 3.05) is 0 Å². The minimum Gasteiger partial charge on any atom is -0.199 e. The lowest BCUT2D eigenvalue weighted by molar-refractivity contribution is -0.425. The van der Waals surface area contributed by atoms with Gasteiger partial charge >= 0.3 is 53.8 Å². The van der Waals surface area contributed by atoms with Gasteiger partial charge in [-0.2, -0.15) is 87.8 Å². The molecule has 0 N–H and O–H groups in total. The Morgan fingerprint density at radius 3 is 0.700 bits per heavy atom. The van der Waals surface area contributed by atoms with Crippen molar-refractivity contribution < 1.29 is 87.8 Å². The Kier molecular flexibility index (Phi) is 6.48. The Morgan fingerprint density at radius 1 is 0.267 bits per heavy atom. The summed E-state index contributed by atoms with van der Waals surface area (Å²) in [6.45, 7) is 0. The first-order valence-corrected chi connectivity index (χ1v) is 6.11. The molecular formula is C10HF20. The molecule has 0 aromatic carbocycles. The summed E-state index contributed by atoms with van der Waals surface area (Å²) < 4.78 is 249. The lowest BCUT2D eigenvalue weighted by Gasteiger charge is -2.39. The molecule has 0 rings (SSSR count). The fourth-order valence-electron chi connectivity index (χ4n) is 1.38. The van der Waals surface area contributed by atoms with E-state index in [1.54, 1.807) is 0 Å². The standard InChI is InChI=1S/C10HF20/c11-2(12,4(15,16)6(19,20)8(23,24)10(28,29)30)1-3(13,14)5(17,18)7(21,22)9(25,26)27/h1H. The van der Waals surface area contributed by atoms with Crippen molar-refractivity contribution in [2.24, 2.45) is 0 Å². The Bertz CT molecular complexity index is 616. The second-order valence-corrected chi connectivity index (χ2v) is 5.26. The molecule has 181 valence electrons.